The van der Waals surface area contributed by atoms with Crippen LogP contribution >= 0.6 is 0 Å². The highest BCUT2D eigenvalue weighted by atomic mass is 16.3. The van der Waals surface area contributed by atoms with Crippen molar-refractivity contribution in [2.45, 2.75) is 44.2 Å². The van der Waals surface area contributed by atoms with Gasteiger partial charge >= 0.3 is 0 Å². The SMILES string of the molecule is CC(NC(=O)CC1CC2(C1)CN(C(=O)Cc1ccccc1)C2)C(O)(c1ccccc1)c1ccccc1. The van der Waals surface area contributed by atoms with Crippen molar-refractivity contribution < 1.29 is 14.7 Å². The van der Waals surface area contributed by atoms with E-state index in [1.165, 1.54) is 0 Å². The first-order chi connectivity index (χ1) is 17.4. The molecule has 1 spiro atoms. The van der Waals surface area contributed by atoms with Crippen LogP contribution in [0.5, 0.6) is 0 Å². The zero-order chi connectivity index (χ0) is 25.2. The Bertz CT molecular complexity index is 1140. The van der Waals surface area contributed by atoms with Crippen LogP contribution in [-0.2, 0) is 21.6 Å². The molecule has 0 aromatic heterocycles. The van der Waals surface area contributed by atoms with Crippen LogP contribution in [0.15, 0.2) is 91.0 Å². The fourth-order valence-electron chi connectivity index (χ4n) is 6.11. The second kappa shape index (κ2) is 9.90. The fourth-order valence-corrected chi connectivity index (χ4v) is 6.11. The molecule has 2 amide bonds. The van der Waals surface area contributed by atoms with Gasteiger partial charge in [0.2, 0.25) is 11.8 Å². The molecule has 1 aliphatic heterocycles. The lowest BCUT2D eigenvalue weighted by Crippen LogP contribution is -2.64. The number of rotatable bonds is 8. The average molecular weight is 483 g/mol. The number of carbonyl (C=O) groups excluding carboxylic acids is 2. The van der Waals surface area contributed by atoms with Crippen LogP contribution in [0.4, 0.5) is 0 Å². The molecule has 2 fully saturated rings. The van der Waals surface area contributed by atoms with Gasteiger partial charge in [0.25, 0.3) is 0 Å². The first kappa shape index (κ1) is 24.3. The third kappa shape index (κ3) is 4.80. The second-order valence-electron chi connectivity index (χ2n) is 10.7. The Morgan fingerprint density at radius 2 is 1.42 bits per heavy atom. The Labute approximate surface area is 213 Å². The molecule has 1 unspecified atom stereocenters. The van der Waals surface area contributed by atoms with E-state index in [4.69, 9.17) is 0 Å². The van der Waals surface area contributed by atoms with E-state index >= 15 is 0 Å². The Morgan fingerprint density at radius 3 is 1.94 bits per heavy atom. The molecule has 1 saturated heterocycles. The van der Waals surface area contributed by atoms with Crippen molar-refractivity contribution in [3.63, 3.8) is 0 Å². The van der Waals surface area contributed by atoms with Crippen LogP contribution in [-0.4, -0.2) is 41.0 Å². The van der Waals surface area contributed by atoms with Gasteiger partial charge in [0, 0.05) is 24.9 Å². The first-order valence-electron chi connectivity index (χ1n) is 12.8. The lowest BCUT2D eigenvalue weighted by Gasteiger charge is -2.59. The van der Waals surface area contributed by atoms with Crippen LogP contribution in [0.1, 0.15) is 42.9 Å². The Morgan fingerprint density at radius 1 is 0.917 bits per heavy atom. The normalized spacial score (nSPS) is 17.7. The van der Waals surface area contributed by atoms with Crippen molar-refractivity contribution in [2.75, 3.05) is 13.1 Å². The summed E-state index contributed by atoms with van der Waals surface area (Å²) in [6, 6.07) is 28.4. The Balaban J connectivity index is 1.13. The molecule has 5 nitrogen and oxygen atoms in total. The van der Waals surface area contributed by atoms with Gasteiger partial charge in [0.05, 0.1) is 12.5 Å². The molecule has 1 heterocycles. The van der Waals surface area contributed by atoms with Crippen LogP contribution in [0.3, 0.4) is 0 Å². The van der Waals surface area contributed by atoms with Crippen LogP contribution in [0, 0.1) is 11.3 Å². The average Bonchev–Trinajstić information content (AvgIpc) is 2.85. The molecule has 2 aliphatic rings. The highest BCUT2D eigenvalue weighted by Gasteiger charge is 2.53. The molecule has 1 aliphatic carbocycles. The highest BCUT2D eigenvalue weighted by Crippen LogP contribution is 2.53. The minimum atomic E-state index is -1.33. The number of hydrogen-bond acceptors (Lipinski definition) is 3. The van der Waals surface area contributed by atoms with E-state index in [2.05, 4.69) is 5.32 Å². The number of benzene rings is 3. The van der Waals surface area contributed by atoms with Gasteiger partial charge in [-0.1, -0.05) is 91.0 Å². The molecule has 1 atom stereocenters. The van der Waals surface area contributed by atoms with Gasteiger partial charge in [0.15, 0.2) is 0 Å². The van der Waals surface area contributed by atoms with Gasteiger partial charge in [-0.3, -0.25) is 9.59 Å². The number of likely N-dealkylation sites (tertiary alicyclic amines) is 1. The molecule has 186 valence electrons. The fraction of sp³-hybridized carbons (Fsp3) is 0.355. The highest BCUT2D eigenvalue weighted by molar-refractivity contribution is 5.80. The van der Waals surface area contributed by atoms with Gasteiger partial charge < -0.3 is 15.3 Å². The molecule has 2 N–H and O–H groups in total. The lowest BCUT2D eigenvalue weighted by molar-refractivity contribution is -0.156. The zero-order valence-corrected chi connectivity index (χ0v) is 20.8. The predicted molar refractivity (Wildman–Crippen MR) is 140 cm³/mol. The van der Waals surface area contributed by atoms with Gasteiger partial charge in [-0.05, 0) is 42.4 Å². The van der Waals surface area contributed by atoms with Gasteiger partial charge in [-0.15, -0.1) is 0 Å². The molecular weight excluding hydrogens is 448 g/mol. The van der Waals surface area contributed by atoms with Crippen LogP contribution < -0.4 is 5.32 Å². The smallest absolute Gasteiger partial charge is 0.227 e. The number of hydrogen-bond donors (Lipinski definition) is 2. The van der Waals surface area contributed by atoms with Crippen LogP contribution in [0.25, 0.3) is 0 Å². The van der Waals surface area contributed by atoms with Gasteiger partial charge in [-0.2, -0.15) is 0 Å². The summed E-state index contributed by atoms with van der Waals surface area (Å²) in [5.74, 6) is 0.469. The lowest BCUT2D eigenvalue weighted by atomic mass is 9.57. The van der Waals surface area contributed by atoms with E-state index < -0.39 is 11.6 Å². The molecule has 3 aromatic carbocycles. The number of aliphatic hydroxyl groups is 1. The standard InChI is InChI=1S/C31H34N2O3/c1-23(31(36,26-13-7-3-8-14-26)27-15-9-4-10-16-27)32-28(34)17-25-19-30(20-25)21-33(22-30)29(35)18-24-11-5-2-6-12-24/h2-16,23,25,36H,17-22H2,1H3,(H,32,34). The monoisotopic (exact) mass is 482 g/mol. The third-order valence-corrected chi connectivity index (χ3v) is 7.95. The minimum Gasteiger partial charge on any atom is -0.378 e. The summed E-state index contributed by atoms with van der Waals surface area (Å²) < 4.78 is 0. The number of carbonyl (C=O) groups is 2. The molecule has 5 rings (SSSR count). The van der Waals surface area contributed by atoms with E-state index in [1.807, 2.05) is 103 Å². The van der Waals surface area contributed by atoms with Gasteiger partial charge in [0.1, 0.15) is 5.60 Å². The quantitative estimate of drug-likeness (QED) is 0.503. The molecule has 3 aromatic rings. The summed E-state index contributed by atoms with van der Waals surface area (Å²) in [5, 5.41) is 14.9. The maximum atomic E-state index is 13.0. The van der Waals surface area contributed by atoms with E-state index in [1.54, 1.807) is 0 Å². The maximum absolute atomic E-state index is 13.0. The molecule has 0 bridgehead atoms. The van der Waals surface area contributed by atoms with Crippen molar-refractivity contribution in [3.8, 4) is 0 Å². The summed E-state index contributed by atoms with van der Waals surface area (Å²) in [7, 11) is 0. The molecule has 1 saturated carbocycles. The number of nitrogens with zero attached hydrogens (tertiary/aromatic N) is 1. The van der Waals surface area contributed by atoms with Crippen molar-refractivity contribution in [3.05, 3.63) is 108 Å². The van der Waals surface area contributed by atoms with E-state index in [-0.39, 0.29) is 17.2 Å². The van der Waals surface area contributed by atoms with E-state index in [9.17, 15) is 14.7 Å². The first-order valence-corrected chi connectivity index (χ1v) is 12.8. The maximum Gasteiger partial charge on any atom is 0.227 e. The molecule has 5 heteroatoms. The summed E-state index contributed by atoms with van der Waals surface area (Å²) in [4.78, 5) is 27.5. The molecule has 36 heavy (non-hydrogen) atoms. The third-order valence-electron chi connectivity index (χ3n) is 7.95. The molecular formula is C31H34N2O3. The topological polar surface area (TPSA) is 69.6 Å². The van der Waals surface area contributed by atoms with Crippen molar-refractivity contribution in [1.29, 1.82) is 0 Å². The van der Waals surface area contributed by atoms with Crippen molar-refractivity contribution in [1.82, 2.24) is 10.2 Å². The Hall–Kier alpha value is -3.44. The van der Waals surface area contributed by atoms with Crippen molar-refractivity contribution in [2.24, 2.45) is 11.3 Å². The second-order valence-corrected chi connectivity index (χ2v) is 10.7. The summed E-state index contributed by atoms with van der Waals surface area (Å²) in [6.07, 6.45) is 2.85. The molecule has 0 radical (unpaired) electrons. The largest absolute Gasteiger partial charge is 0.378 e. The summed E-state index contributed by atoms with van der Waals surface area (Å²) in [6.45, 7) is 3.46. The van der Waals surface area contributed by atoms with E-state index in [0.29, 0.717) is 18.8 Å². The predicted octanol–water partition coefficient (Wildman–Crippen LogP) is 4.30. The summed E-state index contributed by atoms with van der Waals surface area (Å²) >= 11 is 0. The van der Waals surface area contributed by atoms with Crippen LogP contribution in [0.2, 0.25) is 0 Å². The van der Waals surface area contributed by atoms with Gasteiger partial charge in [-0.25, -0.2) is 0 Å². The summed E-state index contributed by atoms with van der Waals surface area (Å²) in [5.41, 5.74) is 1.42. The van der Waals surface area contributed by atoms with Crippen molar-refractivity contribution >= 4 is 11.8 Å². The minimum absolute atomic E-state index is 0.0380. The number of amides is 2. The Kier molecular flexibility index (Phi) is 6.67. The van der Waals surface area contributed by atoms with E-state index in [0.717, 1.165) is 42.6 Å². The number of nitrogens with one attached hydrogen (secondary N) is 1. The zero-order valence-electron chi connectivity index (χ0n) is 20.8.